The van der Waals surface area contributed by atoms with E-state index in [1.54, 1.807) is 10.9 Å². The van der Waals surface area contributed by atoms with E-state index in [9.17, 15) is 0 Å². The van der Waals surface area contributed by atoms with Crippen molar-refractivity contribution in [3.05, 3.63) is 29.8 Å². The normalized spacial score (nSPS) is 18.6. The Morgan fingerprint density at radius 2 is 2.50 bits per heavy atom. The maximum Gasteiger partial charge on any atom is 0.113 e. The maximum absolute atomic E-state index is 6.04. The van der Waals surface area contributed by atoms with Crippen LogP contribution in [0, 0.1) is 0 Å². The molecule has 0 spiro atoms. The SMILES string of the molecule is Cn1cc(C(N)C2=CCCCO2)cn1. The van der Waals surface area contributed by atoms with Crippen LogP contribution in [0.3, 0.4) is 0 Å². The molecule has 1 aromatic rings. The average Bonchev–Trinajstić information content (AvgIpc) is 2.65. The summed E-state index contributed by atoms with van der Waals surface area (Å²) >= 11 is 0. The Balaban J connectivity index is 2.14. The van der Waals surface area contributed by atoms with Crippen LogP contribution in [0.2, 0.25) is 0 Å². The molecule has 0 amide bonds. The fourth-order valence-electron chi connectivity index (χ4n) is 1.56. The highest BCUT2D eigenvalue weighted by atomic mass is 16.5. The van der Waals surface area contributed by atoms with Crippen LogP contribution in [0.1, 0.15) is 24.4 Å². The summed E-state index contributed by atoms with van der Waals surface area (Å²) in [6.45, 7) is 0.778. The van der Waals surface area contributed by atoms with Crippen molar-refractivity contribution in [3.63, 3.8) is 0 Å². The molecule has 0 saturated carbocycles. The number of hydrogen-bond acceptors (Lipinski definition) is 3. The van der Waals surface area contributed by atoms with Crippen LogP contribution in [0.4, 0.5) is 0 Å². The summed E-state index contributed by atoms with van der Waals surface area (Å²) in [6.07, 6.45) is 7.92. The predicted octanol–water partition coefficient (Wildman–Crippen LogP) is 1.11. The van der Waals surface area contributed by atoms with Gasteiger partial charge in [-0.05, 0) is 18.9 Å². The topological polar surface area (TPSA) is 53.1 Å². The smallest absolute Gasteiger partial charge is 0.113 e. The number of aromatic nitrogens is 2. The molecule has 1 unspecified atom stereocenters. The molecule has 0 saturated heterocycles. The number of ether oxygens (including phenoxy) is 1. The van der Waals surface area contributed by atoms with Crippen molar-refractivity contribution in [1.29, 1.82) is 0 Å². The van der Waals surface area contributed by atoms with Crippen LogP contribution in [0.25, 0.3) is 0 Å². The van der Waals surface area contributed by atoms with Gasteiger partial charge in [-0.15, -0.1) is 0 Å². The van der Waals surface area contributed by atoms with Gasteiger partial charge in [0.15, 0.2) is 0 Å². The first-order chi connectivity index (χ1) is 6.77. The molecule has 0 radical (unpaired) electrons. The van der Waals surface area contributed by atoms with Gasteiger partial charge < -0.3 is 10.5 Å². The third-order valence-corrected chi connectivity index (χ3v) is 2.35. The Kier molecular flexibility index (Phi) is 2.54. The van der Waals surface area contributed by atoms with E-state index in [-0.39, 0.29) is 6.04 Å². The summed E-state index contributed by atoms with van der Waals surface area (Å²) in [5.74, 6) is 0.879. The predicted molar refractivity (Wildman–Crippen MR) is 53.4 cm³/mol. The van der Waals surface area contributed by atoms with E-state index in [1.165, 1.54) is 0 Å². The van der Waals surface area contributed by atoms with Gasteiger partial charge in [-0.25, -0.2) is 0 Å². The van der Waals surface area contributed by atoms with Gasteiger partial charge in [0.1, 0.15) is 5.76 Å². The molecule has 1 atom stereocenters. The van der Waals surface area contributed by atoms with Crippen molar-refractivity contribution in [2.75, 3.05) is 6.61 Å². The summed E-state index contributed by atoms with van der Waals surface area (Å²) in [5, 5.41) is 4.09. The second-order valence-corrected chi connectivity index (χ2v) is 3.52. The molecule has 0 bridgehead atoms. The zero-order valence-electron chi connectivity index (χ0n) is 8.31. The molecular weight excluding hydrogens is 178 g/mol. The van der Waals surface area contributed by atoms with Crippen molar-refractivity contribution in [1.82, 2.24) is 9.78 Å². The lowest BCUT2D eigenvalue weighted by atomic mass is 10.1. The van der Waals surface area contributed by atoms with Gasteiger partial charge in [-0.1, -0.05) is 0 Å². The Morgan fingerprint density at radius 1 is 1.64 bits per heavy atom. The van der Waals surface area contributed by atoms with Gasteiger partial charge in [0, 0.05) is 18.8 Å². The number of nitrogens with zero attached hydrogens (tertiary/aromatic N) is 2. The van der Waals surface area contributed by atoms with E-state index in [1.807, 2.05) is 13.2 Å². The third-order valence-electron chi connectivity index (χ3n) is 2.35. The number of hydrogen-bond donors (Lipinski definition) is 1. The first-order valence-corrected chi connectivity index (χ1v) is 4.84. The van der Waals surface area contributed by atoms with Gasteiger partial charge >= 0.3 is 0 Å². The van der Waals surface area contributed by atoms with Crippen LogP contribution in [0.15, 0.2) is 24.2 Å². The molecule has 2 rings (SSSR count). The van der Waals surface area contributed by atoms with Crippen LogP contribution in [-0.2, 0) is 11.8 Å². The van der Waals surface area contributed by atoms with Gasteiger partial charge in [0.25, 0.3) is 0 Å². The van der Waals surface area contributed by atoms with Gasteiger partial charge in [0.05, 0.1) is 18.8 Å². The first kappa shape index (κ1) is 9.27. The Labute approximate surface area is 83.4 Å². The fourth-order valence-corrected chi connectivity index (χ4v) is 1.56. The number of rotatable bonds is 2. The largest absolute Gasteiger partial charge is 0.496 e. The Hall–Kier alpha value is -1.29. The standard InChI is InChI=1S/C10H15N3O/c1-13-7-8(6-12-13)10(11)9-4-2-3-5-14-9/h4,6-7,10H,2-3,5,11H2,1H3. The maximum atomic E-state index is 6.04. The molecule has 1 aromatic heterocycles. The molecule has 1 aliphatic rings. The third kappa shape index (κ3) is 1.80. The van der Waals surface area contributed by atoms with Crippen LogP contribution in [0.5, 0.6) is 0 Å². The summed E-state index contributed by atoms with van der Waals surface area (Å²) in [6, 6.07) is -0.163. The lowest BCUT2D eigenvalue weighted by Gasteiger charge is -2.19. The van der Waals surface area contributed by atoms with E-state index in [0.29, 0.717) is 0 Å². The quantitative estimate of drug-likeness (QED) is 0.765. The lowest BCUT2D eigenvalue weighted by Crippen LogP contribution is -2.17. The van der Waals surface area contributed by atoms with E-state index in [2.05, 4.69) is 11.2 Å². The summed E-state index contributed by atoms with van der Waals surface area (Å²) in [4.78, 5) is 0. The molecule has 4 nitrogen and oxygen atoms in total. The molecule has 14 heavy (non-hydrogen) atoms. The lowest BCUT2D eigenvalue weighted by molar-refractivity contribution is 0.176. The molecule has 1 aliphatic heterocycles. The van der Waals surface area contributed by atoms with Crippen molar-refractivity contribution < 1.29 is 4.74 Å². The van der Waals surface area contributed by atoms with Crippen molar-refractivity contribution in [2.24, 2.45) is 12.8 Å². The molecule has 2 N–H and O–H groups in total. The monoisotopic (exact) mass is 193 g/mol. The second-order valence-electron chi connectivity index (χ2n) is 3.52. The van der Waals surface area contributed by atoms with Gasteiger partial charge in [-0.2, -0.15) is 5.10 Å². The minimum absolute atomic E-state index is 0.163. The highest BCUT2D eigenvalue weighted by molar-refractivity contribution is 5.20. The van der Waals surface area contributed by atoms with Crippen LogP contribution >= 0.6 is 0 Å². The molecule has 0 aliphatic carbocycles. The summed E-state index contributed by atoms with van der Waals surface area (Å²) < 4.78 is 7.25. The zero-order valence-corrected chi connectivity index (χ0v) is 8.31. The van der Waals surface area contributed by atoms with E-state index in [4.69, 9.17) is 10.5 Å². The highest BCUT2D eigenvalue weighted by Gasteiger charge is 2.16. The highest BCUT2D eigenvalue weighted by Crippen LogP contribution is 2.22. The minimum atomic E-state index is -0.163. The Bertz CT molecular complexity index is 343. The average molecular weight is 193 g/mol. The minimum Gasteiger partial charge on any atom is -0.496 e. The van der Waals surface area contributed by atoms with Gasteiger partial charge in [-0.3, -0.25) is 4.68 Å². The molecular formula is C10H15N3O. The second kappa shape index (κ2) is 3.84. The van der Waals surface area contributed by atoms with Crippen molar-refractivity contribution >= 4 is 0 Å². The molecule has 0 fully saturated rings. The van der Waals surface area contributed by atoms with Crippen molar-refractivity contribution in [2.45, 2.75) is 18.9 Å². The van der Waals surface area contributed by atoms with E-state index >= 15 is 0 Å². The van der Waals surface area contributed by atoms with Crippen LogP contribution in [-0.4, -0.2) is 16.4 Å². The first-order valence-electron chi connectivity index (χ1n) is 4.84. The van der Waals surface area contributed by atoms with Crippen molar-refractivity contribution in [3.8, 4) is 0 Å². The zero-order chi connectivity index (χ0) is 9.97. The number of allylic oxidation sites excluding steroid dienone is 1. The van der Waals surface area contributed by atoms with Gasteiger partial charge in [0.2, 0.25) is 0 Å². The molecule has 4 heteroatoms. The van der Waals surface area contributed by atoms with E-state index in [0.717, 1.165) is 30.8 Å². The fraction of sp³-hybridized carbons (Fsp3) is 0.500. The summed E-state index contributed by atoms with van der Waals surface area (Å²) in [5.41, 5.74) is 7.04. The summed E-state index contributed by atoms with van der Waals surface area (Å²) in [7, 11) is 1.88. The number of nitrogens with two attached hydrogens (primary N) is 1. The molecule has 0 aromatic carbocycles. The molecule has 76 valence electrons. The van der Waals surface area contributed by atoms with E-state index < -0.39 is 0 Å². The Morgan fingerprint density at radius 3 is 3.07 bits per heavy atom. The molecule has 2 heterocycles. The van der Waals surface area contributed by atoms with Crippen LogP contribution < -0.4 is 5.73 Å². The number of aryl methyl sites for hydroxylation is 1.